The van der Waals surface area contributed by atoms with Gasteiger partial charge >= 0.3 is 0 Å². The zero-order valence-electron chi connectivity index (χ0n) is 29.0. The third-order valence-corrected chi connectivity index (χ3v) is 10.8. The zero-order valence-corrected chi connectivity index (χ0v) is 29.0. The highest BCUT2D eigenvalue weighted by molar-refractivity contribution is 6.14. The number of imidazole rings is 1. The normalized spacial score (nSPS) is 13.6. The molecule has 9 rings (SSSR count). The minimum atomic E-state index is -0.0949. The molecule has 0 unspecified atom stereocenters. The highest BCUT2D eigenvalue weighted by Gasteiger charge is 2.37. The minimum absolute atomic E-state index is 0.0949. The number of hydrogen-bond donors (Lipinski definition) is 0. The van der Waals surface area contributed by atoms with E-state index in [2.05, 4.69) is 167 Å². The van der Waals surface area contributed by atoms with Crippen molar-refractivity contribution in [2.75, 3.05) is 0 Å². The molecule has 0 bridgehead atoms. The van der Waals surface area contributed by atoms with Crippen LogP contribution in [0.15, 0.2) is 126 Å². The van der Waals surface area contributed by atoms with E-state index < -0.39 is 0 Å². The number of furan rings is 1. The molecule has 240 valence electrons. The summed E-state index contributed by atoms with van der Waals surface area (Å²) in [6.07, 6.45) is 0. The maximum absolute atomic E-state index is 7.10. The van der Waals surface area contributed by atoms with Crippen molar-refractivity contribution in [1.29, 1.82) is 0 Å². The van der Waals surface area contributed by atoms with Gasteiger partial charge in [0, 0.05) is 21.8 Å². The molecule has 0 saturated heterocycles. The Bertz CT molecular complexity index is 2550. The molecule has 3 heteroatoms. The topological polar surface area (TPSA) is 31.0 Å². The van der Waals surface area contributed by atoms with Gasteiger partial charge in [0.05, 0.1) is 22.3 Å². The molecule has 2 aromatic heterocycles. The Balaban J connectivity index is 1.36. The summed E-state index contributed by atoms with van der Waals surface area (Å²) < 4.78 is 9.51. The molecule has 8 aromatic rings. The highest BCUT2D eigenvalue weighted by atomic mass is 16.3. The molecule has 0 saturated carbocycles. The monoisotopic (exact) mass is 636 g/mol. The van der Waals surface area contributed by atoms with Gasteiger partial charge in [-0.1, -0.05) is 133 Å². The molecule has 0 amide bonds. The number of rotatable bonds is 5. The van der Waals surface area contributed by atoms with Crippen molar-refractivity contribution < 1.29 is 4.42 Å². The first-order valence-corrected chi connectivity index (χ1v) is 17.5. The van der Waals surface area contributed by atoms with Crippen molar-refractivity contribution >= 4 is 33.0 Å². The van der Waals surface area contributed by atoms with Gasteiger partial charge in [-0.25, -0.2) is 4.98 Å². The maximum Gasteiger partial charge on any atom is 0.149 e. The smallest absolute Gasteiger partial charge is 0.149 e. The van der Waals surface area contributed by atoms with E-state index in [0.717, 1.165) is 44.4 Å². The first-order chi connectivity index (χ1) is 23.7. The van der Waals surface area contributed by atoms with Gasteiger partial charge in [-0.05, 0) is 81.1 Å². The van der Waals surface area contributed by atoms with Crippen LogP contribution < -0.4 is 0 Å². The van der Waals surface area contributed by atoms with Crippen LogP contribution in [0.4, 0.5) is 0 Å². The van der Waals surface area contributed by atoms with Gasteiger partial charge in [0.25, 0.3) is 0 Å². The van der Waals surface area contributed by atoms with Crippen LogP contribution in [0.2, 0.25) is 0 Å². The number of benzene rings is 6. The largest absolute Gasteiger partial charge is 0.455 e. The van der Waals surface area contributed by atoms with E-state index in [1.165, 1.54) is 50.2 Å². The Morgan fingerprint density at radius 1 is 0.592 bits per heavy atom. The number of para-hydroxylation sites is 3. The lowest BCUT2D eigenvalue weighted by molar-refractivity contribution is 0.653. The van der Waals surface area contributed by atoms with Gasteiger partial charge in [0.1, 0.15) is 17.0 Å². The lowest BCUT2D eigenvalue weighted by atomic mass is 9.82. The summed E-state index contributed by atoms with van der Waals surface area (Å²) in [5.74, 6) is 1.48. The van der Waals surface area contributed by atoms with Crippen LogP contribution in [0, 0.1) is 0 Å². The predicted molar refractivity (Wildman–Crippen MR) is 205 cm³/mol. The predicted octanol–water partition coefficient (Wildman–Crippen LogP) is 12.8. The second-order valence-electron chi connectivity index (χ2n) is 14.8. The summed E-state index contributed by atoms with van der Waals surface area (Å²) >= 11 is 0. The van der Waals surface area contributed by atoms with Gasteiger partial charge < -0.3 is 4.42 Å². The molecular weight excluding hydrogens is 597 g/mol. The lowest BCUT2D eigenvalue weighted by Crippen LogP contribution is -2.14. The standard InChI is InChI=1S/C46H40N2O/c1-27(2)35-25-30(29-15-8-7-9-16-29)26-36(28(3)4)42(35)48-40-22-13-12-21-39(40)47-45(48)34-19-14-18-31-32-23-24-38-41(44(32)49-43(31)34)33-17-10-11-20-37(33)46(38,5)6/h7-28H,1-6H3. The lowest BCUT2D eigenvalue weighted by Gasteiger charge is -2.24. The average molecular weight is 637 g/mol. The molecule has 1 aliphatic carbocycles. The zero-order chi connectivity index (χ0) is 33.6. The van der Waals surface area contributed by atoms with Gasteiger partial charge in [-0.15, -0.1) is 0 Å². The van der Waals surface area contributed by atoms with Crippen molar-refractivity contribution in [3.63, 3.8) is 0 Å². The van der Waals surface area contributed by atoms with Gasteiger partial charge in [0.15, 0.2) is 0 Å². The second-order valence-corrected chi connectivity index (χ2v) is 14.8. The van der Waals surface area contributed by atoms with Gasteiger partial charge in [-0.2, -0.15) is 0 Å². The highest BCUT2D eigenvalue weighted by Crippen LogP contribution is 2.53. The van der Waals surface area contributed by atoms with E-state index in [0.29, 0.717) is 0 Å². The van der Waals surface area contributed by atoms with Crippen molar-refractivity contribution in [2.45, 2.75) is 58.8 Å². The maximum atomic E-state index is 7.10. The van der Waals surface area contributed by atoms with Crippen LogP contribution in [0.25, 0.3) is 72.3 Å². The fourth-order valence-corrected chi connectivity index (χ4v) is 8.27. The van der Waals surface area contributed by atoms with E-state index in [9.17, 15) is 0 Å². The Morgan fingerprint density at radius 3 is 2.00 bits per heavy atom. The fraction of sp³-hybridized carbons (Fsp3) is 0.196. The molecule has 0 N–H and O–H groups in total. The second kappa shape index (κ2) is 10.8. The van der Waals surface area contributed by atoms with E-state index in [4.69, 9.17) is 9.40 Å². The van der Waals surface area contributed by atoms with Crippen LogP contribution in [0.3, 0.4) is 0 Å². The Morgan fingerprint density at radius 2 is 1.24 bits per heavy atom. The van der Waals surface area contributed by atoms with Crippen molar-refractivity contribution in [3.05, 3.63) is 144 Å². The van der Waals surface area contributed by atoms with Crippen molar-refractivity contribution in [1.82, 2.24) is 9.55 Å². The van der Waals surface area contributed by atoms with Crippen molar-refractivity contribution in [3.8, 4) is 39.3 Å². The molecule has 0 aliphatic heterocycles. The summed E-state index contributed by atoms with van der Waals surface area (Å²) in [5.41, 5.74) is 16.3. The Hall–Kier alpha value is -5.41. The SMILES string of the molecule is CC(C)c1cc(-c2ccccc2)cc(C(C)C)c1-n1c(-c2cccc3c2oc2c4c(ccc23)C(C)(C)c2ccccc2-4)nc2ccccc21. The summed E-state index contributed by atoms with van der Waals surface area (Å²) in [4.78, 5) is 5.40. The summed E-state index contributed by atoms with van der Waals surface area (Å²) in [5, 5.41) is 2.26. The molecule has 0 fully saturated rings. The summed E-state index contributed by atoms with van der Waals surface area (Å²) in [7, 11) is 0. The van der Waals surface area contributed by atoms with Crippen molar-refractivity contribution in [2.24, 2.45) is 0 Å². The minimum Gasteiger partial charge on any atom is -0.455 e. The molecule has 49 heavy (non-hydrogen) atoms. The Kier molecular flexibility index (Phi) is 6.55. The first kappa shape index (κ1) is 29.7. The molecule has 2 heterocycles. The molecule has 0 radical (unpaired) electrons. The molecule has 3 nitrogen and oxygen atoms in total. The third-order valence-electron chi connectivity index (χ3n) is 10.8. The molecule has 0 spiro atoms. The van der Waals surface area contributed by atoms with E-state index in [1.807, 2.05) is 0 Å². The molecule has 6 aromatic carbocycles. The van der Waals surface area contributed by atoms with Crippen LogP contribution in [0.1, 0.15) is 75.6 Å². The number of fused-ring (bicyclic) bond motifs is 8. The fourth-order valence-electron chi connectivity index (χ4n) is 8.27. The third kappa shape index (κ3) is 4.31. The van der Waals surface area contributed by atoms with Crippen LogP contribution >= 0.6 is 0 Å². The Labute approximate surface area is 287 Å². The van der Waals surface area contributed by atoms with E-state index >= 15 is 0 Å². The molecule has 1 aliphatic rings. The quantitative estimate of drug-likeness (QED) is 0.188. The number of hydrogen-bond acceptors (Lipinski definition) is 2. The summed E-state index contributed by atoms with van der Waals surface area (Å²) in [6, 6.07) is 44.0. The van der Waals surface area contributed by atoms with Gasteiger partial charge in [-0.3, -0.25) is 4.57 Å². The van der Waals surface area contributed by atoms with Gasteiger partial charge in [0.2, 0.25) is 0 Å². The van der Waals surface area contributed by atoms with Crippen LogP contribution in [0.5, 0.6) is 0 Å². The van der Waals surface area contributed by atoms with Crippen LogP contribution in [-0.2, 0) is 5.41 Å². The average Bonchev–Trinajstić information content (AvgIpc) is 3.76. The molecular formula is C46H40N2O. The van der Waals surface area contributed by atoms with E-state index in [1.54, 1.807) is 0 Å². The van der Waals surface area contributed by atoms with E-state index in [-0.39, 0.29) is 17.3 Å². The first-order valence-electron chi connectivity index (χ1n) is 17.5. The number of aromatic nitrogens is 2. The summed E-state index contributed by atoms with van der Waals surface area (Å²) in [6.45, 7) is 13.8. The number of nitrogens with zero attached hydrogens (tertiary/aromatic N) is 2. The molecule has 0 atom stereocenters. The van der Waals surface area contributed by atoms with Crippen LogP contribution in [-0.4, -0.2) is 9.55 Å².